The first-order valence-electron chi connectivity index (χ1n) is 7.69. The van der Waals surface area contributed by atoms with E-state index >= 15 is 0 Å². The van der Waals surface area contributed by atoms with Gasteiger partial charge in [0.1, 0.15) is 5.69 Å². The third-order valence-electron chi connectivity index (χ3n) is 3.80. The minimum Gasteiger partial charge on any atom is -0.310 e. The molecule has 0 saturated heterocycles. The van der Waals surface area contributed by atoms with Crippen LogP contribution in [-0.4, -0.2) is 31.3 Å². The maximum absolute atomic E-state index is 4.69. The highest BCUT2D eigenvalue weighted by molar-refractivity contribution is 5.28. The van der Waals surface area contributed by atoms with Crippen LogP contribution in [0.25, 0.3) is 0 Å². The average molecular weight is 290 g/mol. The zero-order chi connectivity index (χ0) is 15.4. The third-order valence-corrected chi connectivity index (χ3v) is 3.80. The highest BCUT2D eigenvalue weighted by atomic mass is 15.4. The van der Waals surface area contributed by atoms with Gasteiger partial charge in [0, 0.05) is 30.5 Å². The summed E-state index contributed by atoms with van der Waals surface area (Å²) in [4.78, 5) is 0. The number of aromatic nitrogens is 5. The van der Waals surface area contributed by atoms with E-state index in [4.69, 9.17) is 5.10 Å². The molecule has 1 atom stereocenters. The second-order valence-electron chi connectivity index (χ2n) is 5.54. The van der Waals surface area contributed by atoms with Crippen LogP contribution in [0.3, 0.4) is 0 Å². The van der Waals surface area contributed by atoms with E-state index in [-0.39, 0.29) is 0 Å². The molecule has 2 rings (SSSR count). The smallest absolute Gasteiger partial charge is 0.104 e. The third kappa shape index (κ3) is 3.50. The highest BCUT2D eigenvalue weighted by Crippen LogP contribution is 2.24. The van der Waals surface area contributed by atoms with Crippen molar-refractivity contribution in [1.29, 1.82) is 0 Å². The molecule has 116 valence electrons. The number of rotatable bonds is 7. The molecule has 0 bridgehead atoms. The quantitative estimate of drug-likeness (QED) is 0.848. The van der Waals surface area contributed by atoms with Gasteiger partial charge in [-0.1, -0.05) is 19.1 Å². The van der Waals surface area contributed by atoms with Crippen LogP contribution in [0.4, 0.5) is 0 Å². The Hall–Kier alpha value is -1.69. The first kappa shape index (κ1) is 15.7. The molecule has 0 aromatic carbocycles. The maximum Gasteiger partial charge on any atom is 0.104 e. The molecule has 2 aromatic rings. The van der Waals surface area contributed by atoms with Crippen LogP contribution >= 0.6 is 0 Å². The fraction of sp³-hybridized carbons (Fsp3) is 0.667. The van der Waals surface area contributed by atoms with Gasteiger partial charge in [0.05, 0.1) is 12.2 Å². The van der Waals surface area contributed by atoms with Gasteiger partial charge < -0.3 is 5.32 Å². The minimum atomic E-state index is 0.376. The summed E-state index contributed by atoms with van der Waals surface area (Å²) in [7, 11) is 1.88. The molecular weight excluding hydrogens is 264 g/mol. The molecule has 0 saturated carbocycles. The summed E-state index contributed by atoms with van der Waals surface area (Å²) in [6.07, 6.45) is 4.14. The standard InChI is InChI=1S/C15H26N6/c1-6-8-16-14(7-2)15-11(3)18-21(12(15)4)10-13-9-20(5)19-17-13/h9,14,16H,6-8,10H2,1-5H3. The normalized spacial score (nSPS) is 12.8. The van der Waals surface area contributed by atoms with E-state index in [1.54, 1.807) is 4.68 Å². The number of nitrogens with zero attached hydrogens (tertiary/aromatic N) is 5. The summed E-state index contributed by atoms with van der Waals surface area (Å²) in [6.45, 7) is 10.3. The van der Waals surface area contributed by atoms with E-state index in [9.17, 15) is 0 Å². The van der Waals surface area contributed by atoms with Crippen molar-refractivity contribution in [3.63, 3.8) is 0 Å². The van der Waals surface area contributed by atoms with Gasteiger partial charge in [0.2, 0.25) is 0 Å². The molecule has 1 N–H and O–H groups in total. The van der Waals surface area contributed by atoms with Crippen molar-refractivity contribution in [1.82, 2.24) is 30.1 Å². The van der Waals surface area contributed by atoms with Crippen LogP contribution in [0.15, 0.2) is 6.20 Å². The lowest BCUT2D eigenvalue weighted by atomic mass is 10.0. The van der Waals surface area contributed by atoms with Gasteiger partial charge >= 0.3 is 0 Å². The van der Waals surface area contributed by atoms with Crippen LogP contribution in [0.5, 0.6) is 0 Å². The largest absolute Gasteiger partial charge is 0.310 e. The van der Waals surface area contributed by atoms with E-state index in [2.05, 4.69) is 43.3 Å². The molecule has 0 amide bonds. The van der Waals surface area contributed by atoms with Crippen LogP contribution in [0.2, 0.25) is 0 Å². The highest BCUT2D eigenvalue weighted by Gasteiger charge is 2.19. The van der Waals surface area contributed by atoms with Crippen molar-refractivity contribution in [2.75, 3.05) is 6.54 Å². The van der Waals surface area contributed by atoms with Gasteiger partial charge in [-0.25, -0.2) is 0 Å². The zero-order valence-corrected chi connectivity index (χ0v) is 13.7. The Labute approximate surface area is 126 Å². The van der Waals surface area contributed by atoms with E-state index in [1.165, 1.54) is 11.3 Å². The molecule has 6 heteroatoms. The Bertz CT molecular complexity index is 583. The molecule has 6 nitrogen and oxygen atoms in total. The number of aryl methyl sites for hydroxylation is 2. The minimum absolute atomic E-state index is 0.376. The molecule has 21 heavy (non-hydrogen) atoms. The predicted molar refractivity (Wildman–Crippen MR) is 83.1 cm³/mol. The van der Waals surface area contributed by atoms with Gasteiger partial charge in [-0.2, -0.15) is 5.10 Å². The van der Waals surface area contributed by atoms with E-state index in [1.807, 2.05) is 17.9 Å². The Kier molecular flexibility index (Phi) is 5.12. The molecule has 0 aliphatic carbocycles. The van der Waals surface area contributed by atoms with Crippen molar-refractivity contribution in [3.8, 4) is 0 Å². The molecule has 0 spiro atoms. The first-order valence-corrected chi connectivity index (χ1v) is 7.69. The summed E-state index contributed by atoms with van der Waals surface area (Å²) in [6, 6.07) is 0.376. The van der Waals surface area contributed by atoms with E-state index in [0.717, 1.165) is 30.8 Å². The van der Waals surface area contributed by atoms with Gasteiger partial charge in [-0.3, -0.25) is 9.36 Å². The van der Waals surface area contributed by atoms with E-state index in [0.29, 0.717) is 12.6 Å². The van der Waals surface area contributed by atoms with Gasteiger partial charge in [-0.05, 0) is 33.2 Å². The Balaban J connectivity index is 2.23. The Morgan fingerprint density at radius 3 is 2.62 bits per heavy atom. The molecule has 0 radical (unpaired) electrons. The summed E-state index contributed by atoms with van der Waals surface area (Å²) in [5.41, 5.74) is 4.58. The molecular formula is C15H26N6. The Morgan fingerprint density at radius 2 is 2.05 bits per heavy atom. The molecule has 0 fully saturated rings. The summed E-state index contributed by atoms with van der Waals surface area (Å²) >= 11 is 0. The fourth-order valence-electron chi connectivity index (χ4n) is 2.76. The monoisotopic (exact) mass is 290 g/mol. The summed E-state index contributed by atoms with van der Waals surface area (Å²) in [5, 5.41) is 16.4. The van der Waals surface area contributed by atoms with E-state index < -0.39 is 0 Å². The van der Waals surface area contributed by atoms with Crippen molar-refractivity contribution in [3.05, 3.63) is 28.8 Å². The van der Waals surface area contributed by atoms with Crippen molar-refractivity contribution >= 4 is 0 Å². The number of hydrogen-bond acceptors (Lipinski definition) is 4. The lowest BCUT2D eigenvalue weighted by molar-refractivity contribution is 0.513. The lowest BCUT2D eigenvalue weighted by Crippen LogP contribution is -2.22. The molecule has 1 unspecified atom stereocenters. The number of nitrogens with one attached hydrogen (secondary N) is 1. The zero-order valence-electron chi connectivity index (χ0n) is 13.7. The van der Waals surface area contributed by atoms with Crippen LogP contribution in [0.1, 0.15) is 55.4 Å². The summed E-state index contributed by atoms with van der Waals surface area (Å²) in [5.74, 6) is 0. The maximum atomic E-state index is 4.69. The average Bonchev–Trinajstić information content (AvgIpc) is 2.97. The second kappa shape index (κ2) is 6.85. The topological polar surface area (TPSA) is 60.6 Å². The second-order valence-corrected chi connectivity index (χ2v) is 5.54. The first-order chi connectivity index (χ1) is 10.1. The van der Waals surface area contributed by atoms with Crippen molar-refractivity contribution in [2.24, 2.45) is 7.05 Å². The van der Waals surface area contributed by atoms with Crippen LogP contribution < -0.4 is 5.32 Å². The molecule has 0 aliphatic rings. The lowest BCUT2D eigenvalue weighted by Gasteiger charge is -2.17. The SMILES string of the molecule is CCCNC(CC)c1c(C)nn(Cc2cn(C)nn2)c1C. The molecule has 2 aromatic heterocycles. The van der Waals surface area contributed by atoms with Crippen molar-refractivity contribution < 1.29 is 0 Å². The predicted octanol–water partition coefficient (Wildman–Crippen LogP) is 2.13. The summed E-state index contributed by atoms with van der Waals surface area (Å²) < 4.78 is 3.75. The van der Waals surface area contributed by atoms with Crippen LogP contribution in [-0.2, 0) is 13.6 Å². The van der Waals surface area contributed by atoms with Gasteiger partial charge in [-0.15, -0.1) is 5.10 Å². The molecule has 0 aliphatic heterocycles. The van der Waals surface area contributed by atoms with Crippen LogP contribution in [0, 0.1) is 13.8 Å². The molecule has 2 heterocycles. The number of hydrogen-bond donors (Lipinski definition) is 1. The Morgan fingerprint density at radius 1 is 1.29 bits per heavy atom. The fourth-order valence-corrected chi connectivity index (χ4v) is 2.76. The van der Waals surface area contributed by atoms with Crippen molar-refractivity contribution in [2.45, 2.75) is 53.1 Å². The van der Waals surface area contributed by atoms with Gasteiger partial charge in [0.15, 0.2) is 0 Å². The van der Waals surface area contributed by atoms with Gasteiger partial charge in [0.25, 0.3) is 0 Å².